The second kappa shape index (κ2) is 8.03. The smallest absolute Gasteiger partial charge is 0.269 e. The van der Waals surface area contributed by atoms with E-state index in [9.17, 15) is 19.7 Å². The summed E-state index contributed by atoms with van der Waals surface area (Å²) in [6.45, 7) is 0. The van der Waals surface area contributed by atoms with Gasteiger partial charge in [0.2, 0.25) is 5.91 Å². The lowest BCUT2D eigenvalue weighted by Crippen LogP contribution is -2.37. The number of carbonyl (C=O) groups is 2. The minimum Gasteiger partial charge on any atom is -0.497 e. The highest BCUT2D eigenvalue weighted by atomic mass is 16.7. The van der Waals surface area contributed by atoms with E-state index >= 15 is 0 Å². The monoisotopic (exact) mass is 445 g/mol. The zero-order valence-corrected chi connectivity index (χ0v) is 17.5. The van der Waals surface area contributed by atoms with E-state index in [4.69, 9.17) is 9.57 Å². The lowest BCUT2D eigenvalue weighted by molar-refractivity contribution is -0.384. The molecular weight excluding hydrogens is 426 g/mol. The van der Waals surface area contributed by atoms with Gasteiger partial charge in [-0.15, -0.1) is 0 Å². The summed E-state index contributed by atoms with van der Waals surface area (Å²) in [6, 6.07) is 21.3. The molecule has 9 nitrogen and oxygen atoms in total. The van der Waals surface area contributed by atoms with Gasteiger partial charge in [-0.25, -0.2) is 9.96 Å². The molecule has 0 saturated carbocycles. The first-order valence-electron chi connectivity index (χ1n) is 10.3. The van der Waals surface area contributed by atoms with Crippen molar-refractivity contribution in [2.24, 2.45) is 5.92 Å². The number of fused-ring (bicyclic) bond motifs is 1. The van der Waals surface area contributed by atoms with Crippen LogP contribution in [0.15, 0.2) is 78.9 Å². The number of hydrogen-bond donors (Lipinski definition) is 0. The molecule has 2 fully saturated rings. The van der Waals surface area contributed by atoms with Crippen molar-refractivity contribution in [3.63, 3.8) is 0 Å². The van der Waals surface area contributed by atoms with Gasteiger partial charge in [-0.2, -0.15) is 0 Å². The minimum atomic E-state index is -1.02. The van der Waals surface area contributed by atoms with E-state index in [-0.39, 0.29) is 11.4 Å². The van der Waals surface area contributed by atoms with E-state index in [1.165, 1.54) is 24.3 Å². The van der Waals surface area contributed by atoms with Crippen LogP contribution >= 0.6 is 0 Å². The van der Waals surface area contributed by atoms with Crippen molar-refractivity contribution in [2.75, 3.05) is 17.1 Å². The Morgan fingerprint density at radius 3 is 2.30 bits per heavy atom. The van der Waals surface area contributed by atoms with Crippen LogP contribution in [0.5, 0.6) is 5.75 Å². The quantitative estimate of drug-likeness (QED) is 0.336. The molecule has 3 aromatic rings. The number of nitro groups is 1. The molecule has 0 N–H and O–H groups in total. The van der Waals surface area contributed by atoms with Crippen LogP contribution in [0.25, 0.3) is 0 Å². The first kappa shape index (κ1) is 20.7. The Hall–Kier alpha value is -4.24. The summed E-state index contributed by atoms with van der Waals surface area (Å²) in [5, 5.41) is 12.6. The Labute approximate surface area is 188 Å². The molecule has 0 unspecified atom stereocenters. The standard InChI is InChI=1S/C24H19N3O6/c1-32-19-9-5-6-15(14-19)21-20-22(33-26(21)17-7-3-2-4-8-17)24(29)25(23(20)28)16-10-12-18(13-11-16)27(30)31/h2-14,20-22H,1H3/t20-,21+,22+/m0/s1. The Balaban J connectivity index is 1.56. The number of para-hydroxylation sites is 1. The molecular formula is C24H19N3O6. The zero-order valence-electron chi connectivity index (χ0n) is 17.5. The summed E-state index contributed by atoms with van der Waals surface area (Å²) in [5.41, 5.74) is 1.61. The number of nitro benzene ring substituents is 1. The summed E-state index contributed by atoms with van der Waals surface area (Å²) in [7, 11) is 1.56. The summed E-state index contributed by atoms with van der Waals surface area (Å²) in [4.78, 5) is 44.4. The summed E-state index contributed by atoms with van der Waals surface area (Å²) >= 11 is 0. The van der Waals surface area contributed by atoms with E-state index in [0.717, 1.165) is 10.5 Å². The van der Waals surface area contributed by atoms with Gasteiger partial charge in [0, 0.05) is 12.1 Å². The largest absolute Gasteiger partial charge is 0.497 e. The SMILES string of the molecule is COc1cccc([C@@H]2[C@@H]3C(=O)N(c4ccc([N+](=O)[O-])cc4)C(=O)[C@@H]3ON2c2ccccc2)c1. The molecule has 0 radical (unpaired) electrons. The summed E-state index contributed by atoms with van der Waals surface area (Å²) in [5.74, 6) is -1.12. The molecule has 0 bridgehead atoms. The number of ether oxygens (including phenoxy) is 1. The molecule has 2 heterocycles. The Morgan fingerprint density at radius 2 is 1.64 bits per heavy atom. The zero-order chi connectivity index (χ0) is 23.1. The number of anilines is 2. The van der Waals surface area contributed by atoms with Gasteiger partial charge >= 0.3 is 0 Å². The Morgan fingerprint density at radius 1 is 0.909 bits per heavy atom. The number of benzene rings is 3. The maximum Gasteiger partial charge on any atom is 0.269 e. The lowest BCUT2D eigenvalue weighted by Gasteiger charge is -2.29. The summed E-state index contributed by atoms with van der Waals surface area (Å²) < 4.78 is 5.36. The summed E-state index contributed by atoms with van der Waals surface area (Å²) in [6.07, 6.45) is -1.02. The van der Waals surface area contributed by atoms with Crippen LogP contribution in [0, 0.1) is 16.0 Å². The fraction of sp³-hybridized carbons (Fsp3) is 0.167. The van der Waals surface area contributed by atoms with Gasteiger partial charge in [0.1, 0.15) is 11.7 Å². The van der Waals surface area contributed by atoms with E-state index < -0.39 is 34.8 Å². The number of imide groups is 1. The fourth-order valence-corrected chi connectivity index (χ4v) is 4.36. The van der Waals surface area contributed by atoms with E-state index in [1.807, 2.05) is 48.5 Å². The molecule has 2 amide bonds. The lowest BCUT2D eigenvalue weighted by atomic mass is 9.90. The van der Waals surface area contributed by atoms with Crippen molar-refractivity contribution < 1.29 is 24.1 Å². The maximum atomic E-state index is 13.6. The number of nitrogens with zero attached hydrogens (tertiary/aromatic N) is 3. The predicted molar refractivity (Wildman–Crippen MR) is 119 cm³/mol. The van der Waals surface area contributed by atoms with E-state index in [0.29, 0.717) is 11.4 Å². The van der Waals surface area contributed by atoms with Crippen LogP contribution in [0.3, 0.4) is 0 Å². The molecule has 5 rings (SSSR count). The van der Waals surface area contributed by atoms with Crippen LogP contribution in [-0.4, -0.2) is 30.0 Å². The fourth-order valence-electron chi connectivity index (χ4n) is 4.36. The van der Waals surface area contributed by atoms with Gasteiger partial charge in [0.05, 0.1) is 29.4 Å². The highest BCUT2D eigenvalue weighted by molar-refractivity contribution is 6.24. The highest BCUT2D eigenvalue weighted by Gasteiger charge is 2.60. The molecule has 0 aromatic heterocycles. The highest BCUT2D eigenvalue weighted by Crippen LogP contribution is 2.48. The van der Waals surface area contributed by atoms with E-state index in [2.05, 4.69) is 0 Å². The third kappa shape index (κ3) is 3.39. The molecule has 0 aliphatic carbocycles. The van der Waals surface area contributed by atoms with Gasteiger partial charge in [0.15, 0.2) is 6.10 Å². The number of non-ortho nitro benzene ring substituents is 1. The second-order valence-corrected chi connectivity index (χ2v) is 7.72. The first-order valence-corrected chi connectivity index (χ1v) is 10.3. The average Bonchev–Trinajstić information content (AvgIpc) is 3.35. The molecule has 166 valence electrons. The van der Waals surface area contributed by atoms with Crippen LogP contribution in [-0.2, 0) is 14.4 Å². The van der Waals surface area contributed by atoms with Crippen molar-refractivity contribution in [1.29, 1.82) is 0 Å². The Bertz CT molecular complexity index is 1230. The average molecular weight is 445 g/mol. The second-order valence-electron chi connectivity index (χ2n) is 7.72. The molecule has 3 atom stereocenters. The minimum absolute atomic E-state index is 0.126. The van der Waals surface area contributed by atoms with Crippen molar-refractivity contribution in [1.82, 2.24) is 0 Å². The predicted octanol–water partition coefficient (Wildman–Crippen LogP) is 3.65. The van der Waals surface area contributed by atoms with Gasteiger partial charge in [-0.1, -0.05) is 30.3 Å². The van der Waals surface area contributed by atoms with Gasteiger partial charge in [-0.3, -0.25) is 24.5 Å². The number of carbonyl (C=O) groups excluding carboxylic acids is 2. The topological polar surface area (TPSA) is 102 Å². The van der Waals surface area contributed by atoms with Crippen molar-refractivity contribution in [3.05, 3.63) is 94.5 Å². The third-order valence-electron chi connectivity index (χ3n) is 5.88. The number of hydrogen-bond acceptors (Lipinski definition) is 7. The van der Waals surface area contributed by atoms with Crippen LogP contribution < -0.4 is 14.7 Å². The van der Waals surface area contributed by atoms with Crippen LogP contribution in [0.2, 0.25) is 0 Å². The van der Waals surface area contributed by atoms with Crippen molar-refractivity contribution in [2.45, 2.75) is 12.1 Å². The number of rotatable bonds is 5. The number of hydroxylamine groups is 1. The number of amides is 2. The third-order valence-corrected chi connectivity index (χ3v) is 5.88. The number of methoxy groups -OCH3 is 1. The normalized spacial score (nSPS) is 21.9. The van der Waals surface area contributed by atoms with E-state index in [1.54, 1.807) is 18.2 Å². The maximum absolute atomic E-state index is 13.6. The molecule has 3 aromatic carbocycles. The first-order chi connectivity index (χ1) is 16.0. The molecule has 9 heteroatoms. The van der Waals surface area contributed by atoms with Gasteiger partial charge < -0.3 is 4.74 Å². The molecule has 2 aliphatic heterocycles. The van der Waals surface area contributed by atoms with Crippen molar-refractivity contribution in [3.8, 4) is 5.75 Å². The van der Waals surface area contributed by atoms with Crippen molar-refractivity contribution >= 4 is 28.9 Å². The molecule has 33 heavy (non-hydrogen) atoms. The molecule has 2 saturated heterocycles. The van der Waals surface area contributed by atoms with Crippen LogP contribution in [0.1, 0.15) is 11.6 Å². The molecule has 2 aliphatic rings. The van der Waals surface area contributed by atoms with Gasteiger partial charge in [-0.05, 0) is 42.0 Å². The Kier molecular flexibility index (Phi) is 5.02. The van der Waals surface area contributed by atoms with Gasteiger partial charge in [0.25, 0.3) is 11.6 Å². The molecule has 0 spiro atoms. The van der Waals surface area contributed by atoms with Crippen LogP contribution in [0.4, 0.5) is 17.1 Å².